The third-order valence-corrected chi connectivity index (χ3v) is 5.15. The lowest BCUT2D eigenvalue weighted by Crippen LogP contribution is -2.78. The van der Waals surface area contributed by atoms with Gasteiger partial charge in [-0.05, 0) is 6.42 Å². The van der Waals surface area contributed by atoms with Gasteiger partial charge in [-0.2, -0.15) is 96.6 Å². The van der Waals surface area contributed by atoms with E-state index in [4.69, 9.17) is 0 Å². The van der Waals surface area contributed by atoms with Crippen LogP contribution in [0.3, 0.4) is 0 Å². The number of hydrogen-bond donors (Lipinski definition) is 0. The van der Waals surface area contributed by atoms with Crippen LogP contribution in [0.2, 0.25) is 0 Å². The van der Waals surface area contributed by atoms with Gasteiger partial charge in [-0.25, -0.2) is 8.78 Å². The molecule has 0 aliphatic carbocycles. The van der Waals surface area contributed by atoms with Gasteiger partial charge in [0.05, 0.1) is 0 Å². The number of halogens is 24. The van der Waals surface area contributed by atoms with Gasteiger partial charge in [0.25, 0.3) is 0 Å². The molecule has 248 valence electrons. The highest BCUT2D eigenvalue weighted by Crippen LogP contribution is 2.67. The minimum Gasteiger partial charge on any atom is -0.385 e. The van der Waals surface area contributed by atoms with Crippen LogP contribution in [-0.2, 0) is 4.74 Å². The standard InChI is InChI=1S/C16H10F24O/c1-41-4-2-3-6(19,20)8(23,24)10(27,28)12(31,32)14(35,36)16(39,40)15(37,38)13(33,34)11(29,30)9(25,26)7(21,22)5(17)18/h5H,2-4H2,1H3. The number of alkyl halides is 24. The van der Waals surface area contributed by atoms with E-state index in [-0.39, 0.29) is 0 Å². The van der Waals surface area contributed by atoms with Crippen LogP contribution in [-0.4, -0.2) is 85.3 Å². The maximum atomic E-state index is 13.7. The Bertz CT molecular complexity index is 903. The van der Waals surface area contributed by atoms with Crippen molar-refractivity contribution in [1.82, 2.24) is 0 Å². The highest BCUT2D eigenvalue weighted by Gasteiger charge is 2.98. The van der Waals surface area contributed by atoms with Crippen LogP contribution in [0.4, 0.5) is 105 Å². The molecule has 0 N–H and O–H groups in total. The van der Waals surface area contributed by atoms with Gasteiger partial charge in [0, 0.05) is 20.1 Å². The molecule has 0 heterocycles. The van der Waals surface area contributed by atoms with E-state index in [0.717, 1.165) is 0 Å². The first-order chi connectivity index (χ1) is 17.5. The summed E-state index contributed by atoms with van der Waals surface area (Å²) >= 11 is 0. The molecule has 0 aromatic heterocycles. The third kappa shape index (κ3) is 5.01. The Hall–Kier alpha value is -1.72. The quantitative estimate of drug-likeness (QED) is 0.125. The first kappa shape index (κ1) is 39.3. The highest BCUT2D eigenvalue weighted by atomic mass is 19.4. The molecule has 1 nitrogen and oxygen atoms in total. The summed E-state index contributed by atoms with van der Waals surface area (Å²) in [7, 11) is 0.631. The lowest BCUT2D eigenvalue weighted by Gasteiger charge is -2.45. The van der Waals surface area contributed by atoms with Gasteiger partial charge in [-0.3, -0.25) is 0 Å². The Labute approximate surface area is 209 Å². The van der Waals surface area contributed by atoms with Crippen LogP contribution in [0.1, 0.15) is 12.8 Å². The maximum Gasteiger partial charge on any atom is 0.385 e. The smallest absolute Gasteiger partial charge is 0.385 e. The van der Waals surface area contributed by atoms with Crippen molar-refractivity contribution >= 4 is 0 Å². The molecule has 0 saturated carbocycles. The fraction of sp³-hybridized carbons (Fsp3) is 1.00. The summed E-state index contributed by atoms with van der Waals surface area (Å²) in [5.41, 5.74) is 0. The molecule has 0 saturated heterocycles. The van der Waals surface area contributed by atoms with E-state index in [2.05, 4.69) is 4.74 Å². The second-order valence-electron chi connectivity index (χ2n) is 7.89. The van der Waals surface area contributed by atoms with E-state index in [9.17, 15) is 105 Å². The third-order valence-electron chi connectivity index (χ3n) is 5.15. The molecule has 0 aromatic carbocycles. The van der Waals surface area contributed by atoms with Crippen LogP contribution in [0.5, 0.6) is 0 Å². The summed E-state index contributed by atoms with van der Waals surface area (Å²) in [5.74, 6) is -95.7. The molecular formula is C16H10F24O. The minimum absolute atomic E-state index is 0.631. The minimum atomic E-state index is -9.45. The van der Waals surface area contributed by atoms with Crippen molar-refractivity contribution < 1.29 is 110 Å². The maximum absolute atomic E-state index is 13.7. The Balaban J connectivity index is 7.14. The van der Waals surface area contributed by atoms with E-state index >= 15 is 0 Å². The Morgan fingerprint density at radius 2 is 0.659 bits per heavy atom. The van der Waals surface area contributed by atoms with Crippen molar-refractivity contribution in [3.63, 3.8) is 0 Å². The van der Waals surface area contributed by atoms with Crippen LogP contribution < -0.4 is 0 Å². The number of hydrogen-bond acceptors (Lipinski definition) is 1. The zero-order valence-corrected chi connectivity index (χ0v) is 18.7. The Morgan fingerprint density at radius 3 is 0.902 bits per heavy atom. The summed E-state index contributed by atoms with van der Waals surface area (Å²) in [4.78, 5) is 0. The fourth-order valence-corrected chi connectivity index (χ4v) is 2.55. The van der Waals surface area contributed by atoms with Crippen molar-refractivity contribution in [1.29, 1.82) is 0 Å². The molecule has 0 bridgehead atoms. The molecule has 0 spiro atoms. The van der Waals surface area contributed by atoms with Gasteiger partial charge in [0.1, 0.15) is 0 Å². The summed E-state index contributed by atoms with van der Waals surface area (Å²) in [6.45, 7) is -1.09. The van der Waals surface area contributed by atoms with Crippen LogP contribution in [0.15, 0.2) is 0 Å². The molecule has 0 fully saturated rings. The lowest BCUT2D eigenvalue weighted by molar-refractivity contribution is -0.476. The van der Waals surface area contributed by atoms with Crippen LogP contribution >= 0.6 is 0 Å². The molecule has 0 rings (SSSR count). The summed E-state index contributed by atoms with van der Waals surface area (Å²) in [6, 6.07) is 0. The van der Waals surface area contributed by atoms with Crippen molar-refractivity contribution in [3.8, 4) is 0 Å². The van der Waals surface area contributed by atoms with E-state index in [1.165, 1.54) is 0 Å². The highest BCUT2D eigenvalue weighted by molar-refractivity contribution is 5.19. The predicted octanol–water partition coefficient (Wildman–Crippen LogP) is 8.67. The van der Waals surface area contributed by atoms with Gasteiger partial charge in [0.15, 0.2) is 0 Å². The monoisotopic (exact) mass is 674 g/mol. The van der Waals surface area contributed by atoms with Gasteiger partial charge in [0.2, 0.25) is 0 Å². The number of methoxy groups -OCH3 is 1. The Kier molecular flexibility index (Phi) is 10.0. The summed E-state index contributed by atoms with van der Waals surface area (Å²) < 4.78 is 324. The van der Waals surface area contributed by atoms with E-state index in [0.29, 0.717) is 7.11 Å². The predicted molar refractivity (Wildman–Crippen MR) is 81.5 cm³/mol. The molecule has 0 aromatic rings. The second kappa shape index (κ2) is 10.5. The molecular weight excluding hydrogens is 664 g/mol. The van der Waals surface area contributed by atoms with Gasteiger partial charge < -0.3 is 4.74 Å². The van der Waals surface area contributed by atoms with Crippen LogP contribution in [0.25, 0.3) is 0 Å². The Morgan fingerprint density at radius 1 is 0.415 bits per heavy atom. The zero-order valence-electron chi connectivity index (χ0n) is 18.7. The van der Waals surface area contributed by atoms with E-state index in [1.54, 1.807) is 0 Å². The first-order valence-electron chi connectivity index (χ1n) is 9.43. The SMILES string of the molecule is COCCCC(F)(F)C(F)(F)C(F)(F)C(F)(F)C(F)(F)C(F)(F)C(F)(F)C(F)(F)C(F)(F)C(F)(F)C(F)(F)C(F)F. The van der Waals surface area contributed by atoms with Crippen molar-refractivity contribution in [2.75, 3.05) is 13.7 Å². The average Bonchev–Trinajstić information content (AvgIpc) is 2.77. The average molecular weight is 674 g/mol. The zero-order chi connectivity index (χ0) is 33.9. The first-order valence-corrected chi connectivity index (χ1v) is 9.43. The summed E-state index contributed by atoms with van der Waals surface area (Å²) in [6.07, 6.45) is -10.5. The van der Waals surface area contributed by atoms with Crippen LogP contribution in [0, 0.1) is 0 Å². The molecule has 0 atom stereocenters. The number of ether oxygens (including phenoxy) is 1. The van der Waals surface area contributed by atoms with Gasteiger partial charge >= 0.3 is 71.6 Å². The molecule has 0 radical (unpaired) electrons. The normalized spacial score (nSPS) is 16.5. The lowest BCUT2D eigenvalue weighted by atomic mass is 9.84. The second-order valence-corrected chi connectivity index (χ2v) is 7.89. The number of rotatable bonds is 15. The molecule has 0 aliphatic rings. The van der Waals surface area contributed by atoms with Gasteiger partial charge in [-0.15, -0.1) is 0 Å². The van der Waals surface area contributed by atoms with Crippen molar-refractivity contribution in [2.45, 2.75) is 84.4 Å². The van der Waals surface area contributed by atoms with Crippen molar-refractivity contribution in [2.24, 2.45) is 0 Å². The fourth-order valence-electron chi connectivity index (χ4n) is 2.55. The van der Waals surface area contributed by atoms with E-state index < -0.39 is 91.0 Å². The summed E-state index contributed by atoms with van der Waals surface area (Å²) in [5, 5.41) is 0. The molecule has 25 heteroatoms. The van der Waals surface area contributed by atoms with Gasteiger partial charge in [-0.1, -0.05) is 0 Å². The molecule has 0 aliphatic heterocycles. The molecule has 41 heavy (non-hydrogen) atoms. The van der Waals surface area contributed by atoms with E-state index in [1.807, 2.05) is 0 Å². The molecule has 0 unspecified atom stereocenters. The van der Waals surface area contributed by atoms with Crippen molar-refractivity contribution in [3.05, 3.63) is 0 Å². The molecule has 0 amide bonds. The largest absolute Gasteiger partial charge is 0.385 e. The topological polar surface area (TPSA) is 9.23 Å².